The summed E-state index contributed by atoms with van der Waals surface area (Å²) in [7, 11) is 1.22. The number of hydrogen-bond acceptors (Lipinski definition) is 9. The number of anilines is 1. The predicted octanol–water partition coefficient (Wildman–Crippen LogP) is 0.808. The Morgan fingerprint density at radius 1 is 1.38 bits per heavy atom. The Hall–Kier alpha value is -3.43. The lowest BCUT2D eigenvalue weighted by molar-refractivity contribution is -0.136. The Bertz CT molecular complexity index is 904. The molecule has 26 heavy (non-hydrogen) atoms. The highest BCUT2D eigenvalue weighted by Gasteiger charge is 2.37. The van der Waals surface area contributed by atoms with Gasteiger partial charge in [0.2, 0.25) is 5.95 Å². The lowest BCUT2D eigenvalue weighted by atomic mass is 9.92. The molecule has 10 nitrogen and oxygen atoms in total. The number of phenols is 1. The van der Waals surface area contributed by atoms with Crippen LogP contribution in [-0.4, -0.2) is 50.8 Å². The zero-order chi connectivity index (χ0) is 18.8. The molecule has 3 rings (SSSR count). The number of nitrogens with one attached hydrogen (secondary N) is 1. The molecule has 0 fully saturated rings. The summed E-state index contributed by atoms with van der Waals surface area (Å²) in [6.07, 6.45) is 0. The molecule has 1 aliphatic heterocycles. The number of phenolic OH excluding ortho intramolecular Hbond substituents is 1. The zero-order valence-electron chi connectivity index (χ0n) is 14.4. The molecule has 0 bridgehead atoms. The summed E-state index contributed by atoms with van der Waals surface area (Å²) in [5.74, 6) is -0.663. The van der Waals surface area contributed by atoms with Gasteiger partial charge in [-0.05, 0) is 42.0 Å². The lowest BCUT2D eigenvalue weighted by Gasteiger charge is -2.27. The number of esters is 1. The van der Waals surface area contributed by atoms with E-state index in [4.69, 9.17) is 9.47 Å². The smallest absolute Gasteiger partial charge is 0.355 e. The van der Waals surface area contributed by atoms with E-state index in [1.807, 2.05) is 0 Å². The molecule has 0 aliphatic carbocycles. The Morgan fingerprint density at radius 2 is 2.15 bits per heavy atom. The molecule has 2 N–H and O–H groups in total. The van der Waals surface area contributed by atoms with Crippen LogP contribution in [0.4, 0.5) is 5.95 Å². The van der Waals surface area contributed by atoms with Crippen LogP contribution in [0.3, 0.4) is 0 Å². The molecule has 1 aromatic carbocycles. The summed E-state index contributed by atoms with van der Waals surface area (Å²) >= 11 is 0. The molecule has 0 saturated carbocycles. The van der Waals surface area contributed by atoms with Crippen molar-refractivity contribution in [2.45, 2.75) is 19.9 Å². The maximum absolute atomic E-state index is 12.4. The molecule has 0 unspecified atom stereocenters. The van der Waals surface area contributed by atoms with Crippen LogP contribution in [0.25, 0.3) is 0 Å². The molecule has 0 amide bonds. The number of fused-ring (bicyclic) bond motifs is 1. The Kier molecular flexibility index (Phi) is 4.57. The normalized spacial score (nSPS) is 15.9. The quantitative estimate of drug-likeness (QED) is 0.745. The molecule has 0 saturated heterocycles. The van der Waals surface area contributed by atoms with Crippen LogP contribution in [0, 0.1) is 0 Å². The number of Topliss-reactive ketones (excluding diaryl/α,β-unsaturated/α-hetero) is 1. The number of carbonyl (C=O) groups excluding carboxylic acids is 2. The monoisotopic (exact) mass is 359 g/mol. The number of aromatic nitrogens is 4. The largest absolute Gasteiger partial charge is 0.504 e. The van der Waals surface area contributed by atoms with Gasteiger partial charge in [-0.1, -0.05) is 11.2 Å². The van der Waals surface area contributed by atoms with E-state index in [2.05, 4.69) is 20.8 Å². The van der Waals surface area contributed by atoms with Gasteiger partial charge in [-0.2, -0.15) is 4.68 Å². The van der Waals surface area contributed by atoms with Crippen LogP contribution in [-0.2, 0) is 14.3 Å². The van der Waals surface area contributed by atoms with Gasteiger partial charge < -0.3 is 19.9 Å². The highest BCUT2D eigenvalue weighted by Crippen LogP contribution is 2.38. The van der Waals surface area contributed by atoms with Gasteiger partial charge in [-0.25, -0.2) is 4.79 Å². The van der Waals surface area contributed by atoms with Crippen molar-refractivity contribution in [1.29, 1.82) is 0 Å². The van der Waals surface area contributed by atoms with E-state index < -0.39 is 12.0 Å². The van der Waals surface area contributed by atoms with E-state index in [9.17, 15) is 14.7 Å². The molecule has 1 aliphatic rings. The van der Waals surface area contributed by atoms with Gasteiger partial charge in [0.25, 0.3) is 0 Å². The van der Waals surface area contributed by atoms with E-state index in [0.717, 1.165) is 0 Å². The summed E-state index contributed by atoms with van der Waals surface area (Å²) in [4.78, 5) is 24.5. The van der Waals surface area contributed by atoms with Crippen LogP contribution in [0.5, 0.6) is 11.5 Å². The molecular weight excluding hydrogens is 342 g/mol. The third-order valence-corrected chi connectivity index (χ3v) is 3.89. The van der Waals surface area contributed by atoms with Gasteiger partial charge in [0.1, 0.15) is 11.7 Å². The van der Waals surface area contributed by atoms with Crippen molar-refractivity contribution >= 4 is 17.7 Å². The van der Waals surface area contributed by atoms with Crippen LogP contribution in [0.2, 0.25) is 0 Å². The molecule has 0 radical (unpaired) electrons. The van der Waals surface area contributed by atoms with Crippen LogP contribution < -0.4 is 10.1 Å². The average molecular weight is 359 g/mol. The number of tetrazole rings is 1. The second-order valence-electron chi connectivity index (χ2n) is 5.47. The highest BCUT2D eigenvalue weighted by atomic mass is 16.5. The number of ether oxygens (including phenoxy) is 2. The molecule has 0 spiro atoms. The van der Waals surface area contributed by atoms with Crippen molar-refractivity contribution in [3.8, 4) is 11.5 Å². The van der Waals surface area contributed by atoms with Crippen molar-refractivity contribution in [2.24, 2.45) is 0 Å². The van der Waals surface area contributed by atoms with E-state index in [1.165, 1.54) is 24.8 Å². The van der Waals surface area contributed by atoms with Gasteiger partial charge in [0.05, 0.1) is 19.3 Å². The van der Waals surface area contributed by atoms with Gasteiger partial charge in [-0.15, -0.1) is 0 Å². The van der Waals surface area contributed by atoms with Crippen LogP contribution >= 0.6 is 0 Å². The Morgan fingerprint density at radius 3 is 2.81 bits per heavy atom. The molecular formula is C16H17N5O5. The number of rotatable bonds is 5. The third kappa shape index (κ3) is 2.85. The molecule has 2 aromatic rings. The zero-order valence-corrected chi connectivity index (χ0v) is 14.4. The number of allylic oxidation sites excluding steroid dienone is 1. The molecule has 136 valence electrons. The maximum atomic E-state index is 12.4. The van der Waals surface area contributed by atoms with Crippen molar-refractivity contribution in [1.82, 2.24) is 20.2 Å². The highest BCUT2D eigenvalue weighted by molar-refractivity contribution is 6.06. The Labute approximate surface area is 148 Å². The number of carbonyl (C=O) groups is 2. The summed E-state index contributed by atoms with van der Waals surface area (Å²) in [6.45, 7) is 3.47. The molecule has 2 heterocycles. The molecule has 1 atom stereocenters. The summed E-state index contributed by atoms with van der Waals surface area (Å²) in [5.41, 5.74) is 0.677. The Balaban J connectivity index is 2.22. The van der Waals surface area contributed by atoms with Crippen LogP contribution in [0.1, 0.15) is 25.5 Å². The van der Waals surface area contributed by atoms with Crippen molar-refractivity contribution in [2.75, 3.05) is 19.0 Å². The number of methoxy groups -OCH3 is 1. The first-order chi connectivity index (χ1) is 12.5. The van der Waals surface area contributed by atoms with Gasteiger partial charge >= 0.3 is 5.97 Å². The predicted molar refractivity (Wildman–Crippen MR) is 88.6 cm³/mol. The average Bonchev–Trinajstić information content (AvgIpc) is 3.09. The number of aromatic hydroxyl groups is 1. The second-order valence-corrected chi connectivity index (χ2v) is 5.47. The summed E-state index contributed by atoms with van der Waals surface area (Å²) < 4.78 is 11.6. The minimum Gasteiger partial charge on any atom is -0.504 e. The summed E-state index contributed by atoms with van der Waals surface area (Å²) in [6, 6.07) is 3.85. The first kappa shape index (κ1) is 17.4. The number of hydrogen-bond donors (Lipinski definition) is 2. The lowest BCUT2D eigenvalue weighted by Crippen LogP contribution is -2.32. The first-order valence-corrected chi connectivity index (χ1v) is 7.81. The standard InChI is InChI=1S/C16H17N5O5/c1-4-26-11-7-9(5-6-10(11)23)14-12(8(2)22)13(15(24)25-3)17-16-18-19-20-21(14)16/h5-7,14,23H,4H2,1-3H3,(H,17,18,20)/t14-/m0/s1. The van der Waals surface area contributed by atoms with E-state index in [-0.39, 0.29) is 34.5 Å². The van der Waals surface area contributed by atoms with E-state index in [1.54, 1.807) is 19.1 Å². The van der Waals surface area contributed by atoms with E-state index >= 15 is 0 Å². The van der Waals surface area contributed by atoms with Crippen molar-refractivity contribution in [3.05, 3.63) is 35.0 Å². The van der Waals surface area contributed by atoms with E-state index in [0.29, 0.717) is 12.2 Å². The second kappa shape index (κ2) is 6.82. The third-order valence-electron chi connectivity index (χ3n) is 3.89. The molecule has 10 heteroatoms. The number of ketones is 1. The van der Waals surface area contributed by atoms with Gasteiger partial charge in [0, 0.05) is 0 Å². The minimum absolute atomic E-state index is 0.0293. The summed E-state index contributed by atoms with van der Waals surface area (Å²) in [5, 5.41) is 24.0. The number of benzene rings is 1. The van der Waals surface area contributed by atoms with Gasteiger partial charge in [-0.3, -0.25) is 4.79 Å². The van der Waals surface area contributed by atoms with Crippen molar-refractivity contribution in [3.63, 3.8) is 0 Å². The fourth-order valence-corrected chi connectivity index (χ4v) is 2.80. The fourth-order valence-electron chi connectivity index (χ4n) is 2.80. The van der Waals surface area contributed by atoms with Crippen LogP contribution in [0.15, 0.2) is 29.5 Å². The topological polar surface area (TPSA) is 128 Å². The minimum atomic E-state index is -0.785. The van der Waals surface area contributed by atoms with Gasteiger partial charge in [0.15, 0.2) is 17.3 Å². The number of nitrogens with zero attached hydrogens (tertiary/aromatic N) is 4. The molecule has 1 aromatic heterocycles. The SMILES string of the molecule is CCOc1cc([C@H]2C(C(C)=O)=C(C(=O)OC)Nc3nnnn32)ccc1O. The van der Waals surface area contributed by atoms with Crippen molar-refractivity contribution < 1.29 is 24.2 Å². The maximum Gasteiger partial charge on any atom is 0.355 e. The fraction of sp³-hybridized carbons (Fsp3) is 0.312. The first-order valence-electron chi connectivity index (χ1n) is 7.81.